The minimum absolute atomic E-state index is 0.144. The SMILES string of the molecule is Cc1ccc(-n2c(CNC(=O)C34CC5CC(CC(C5)C3)C4)nnc2SCc2ccccc2)cc1. The van der Waals surface area contributed by atoms with Crippen molar-refractivity contribution < 1.29 is 4.79 Å². The summed E-state index contributed by atoms with van der Waals surface area (Å²) < 4.78 is 2.10. The van der Waals surface area contributed by atoms with E-state index in [2.05, 4.69) is 75.5 Å². The summed E-state index contributed by atoms with van der Waals surface area (Å²) in [7, 11) is 0. The van der Waals surface area contributed by atoms with Crippen molar-refractivity contribution >= 4 is 17.7 Å². The minimum Gasteiger partial charge on any atom is -0.348 e. The summed E-state index contributed by atoms with van der Waals surface area (Å²) in [6.45, 7) is 2.50. The molecular weight excluding hydrogens is 440 g/mol. The van der Waals surface area contributed by atoms with Crippen LogP contribution in [0.4, 0.5) is 0 Å². The number of nitrogens with one attached hydrogen (secondary N) is 1. The molecule has 7 rings (SSSR count). The molecule has 1 amide bonds. The number of hydrogen-bond donors (Lipinski definition) is 1. The first-order valence-electron chi connectivity index (χ1n) is 12.5. The minimum atomic E-state index is -0.144. The van der Waals surface area contributed by atoms with E-state index in [0.29, 0.717) is 6.54 Å². The first-order valence-corrected chi connectivity index (χ1v) is 13.5. The molecule has 4 saturated carbocycles. The van der Waals surface area contributed by atoms with Crippen molar-refractivity contribution in [1.29, 1.82) is 0 Å². The van der Waals surface area contributed by atoms with E-state index in [1.165, 1.54) is 30.4 Å². The van der Waals surface area contributed by atoms with Crippen LogP contribution in [0.1, 0.15) is 55.5 Å². The zero-order valence-corrected chi connectivity index (χ0v) is 20.6. The number of nitrogens with zero attached hydrogens (tertiary/aromatic N) is 3. The van der Waals surface area contributed by atoms with Gasteiger partial charge in [-0.2, -0.15) is 0 Å². The Balaban J connectivity index is 1.22. The molecule has 34 heavy (non-hydrogen) atoms. The Morgan fingerprint density at radius 3 is 2.26 bits per heavy atom. The molecule has 6 heteroatoms. The highest BCUT2D eigenvalue weighted by Crippen LogP contribution is 2.60. The second-order valence-electron chi connectivity index (χ2n) is 10.7. The maximum atomic E-state index is 13.5. The van der Waals surface area contributed by atoms with Gasteiger partial charge in [0.2, 0.25) is 5.91 Å². The van der Waals surface area contributed by atoms with Crippen molar-refractivity contribution in [2.45, 2.75) is 62.9 Å². The molecule has 5 nitrogen and oxygen atoms in total. The van der Waals surface area contributed by atoms with Crippen molar-refractivity contribution in [3.63, 3.8) is 0 Å². The Kier molecular flexibility index (Phi) is 5.72. The summed E-state index contributed by atoms with van der Waals surface area (Å²) in [5, 5.41) is 13.2. The zero-order chi connectivity index (χ0) is 23.1. The van der Waals surface area contributed by atoms with Crippen LogP contribution in [-0.2, 0) is 17.1 Å². The van der Waals surface area contributed by atoms with E-state index in [-0.39, 0.29) is 11.3 Å². The smallest absolute Gasteiger partial charge is 0.226 e. The van der Waals surface area contributed by atoms with Crippen LogP contribution in [0.5, 0.6) is 0 Å². The maximum absolute atomic E-state index is 13.5. The van der Waals surface area contributed by atoms with Crippen LogP contribution in [0.25, 0.3) is 5.69 Å². The number of aryl methyl sites for hydroxylation is 1. The molecule has 4 bridgehead atoms. The lowest BCUT2D eigenvalue weighted by atomic mass is 9.49. The number of carbonyl (C=O) groups is 1. The van der Waals surface area contributed by atoms with Gasteiger partial charge in [-0.05, 0) is 80.9 Å². The summed E-state index contributed by atoms with van der Waals surface area (Å²) in [6.07, 6.45) is 7.26. The molecule has 0 atom stereocenters. The van der Waals surface area contributed by atoms with Crippen LogP contribution in [0.3, 0.4) is 0 Å². The quantitative estimate of drug-likeness (QED) is 0.448. The lowest BCUT2D eigenvalue weighted by Gasteiger charge is -2.55. The van der Waals surface area contributed by atoms with E-state index in [0.717, 1.165) is 59.4 Å². The third-order valence-electron chi connectivity index (χ3n) is 8.13. The maximum Gasteiger partial charge on any atom is 0.226 e. The molecule has 1 N–H and O–H groups in total. The average molecular weight is 473 g/mol. The van der Waals surface area contributed by atoms with Crippen molar-refractivity contribution in [1.82, 2.24) is 20.1 Å². The Morgan fingerprint density at radius 1 is 0.971 bits per heavy atom. The van der Waals surface area contributed by atoms with E-state index in [9.17, 15) is 4.79 Å². The second kappa shape index (κ2) is 8.88. The fraction of sp³-hybridized carbons (Fsp3) is 0.464. The first kappa shape index (κ1) is 21.9. The first-order chi connectivity index (χ1) is 16.6. The Morgan fingerprint density at radius 2 is 1.62 bits per heavy atom. The van der Waals surface area contributed by atoms with Crippen molar-refractivity contribution in [3.05, 3.63) is 71.5 Å². The van der Waals surface area contributed by atoms with Crippen LogP contribution in [-0.4, -0.2) is 20.7 Å². The van der Waals surface area contributed by atoms with Gasteiger partial charge in [0, 0.05) is 16.9 Å². The van der Waals surface area contributed by atoms with Crippen molar-refractivity contribution in [2.24, 2.45) is 23.2 Å². The molecule has 4 aliphatic rings. The van der Waals surface area contributed by atoms with E-state index >= 15 is 0 Å². The van der Waals surface area contributed by atoms with Crippen molar-refractivity contribution in [2.75, 3.05) is 0 Å². The van der Waals surface area contributed by atoms with Gasteiger partial charge < -0.3 is 5.32 Å². The summed E-state index contributed by atoms with van der Waals surface area (Å²) in [6, 6.07) is 18.9. The summed E-state index contributed by atoms with van der Waals surface area (Å²) in [5.41, 5.74) is 3.36. The predicted molar refractivity (Wildman–Crippen MR) is 135 cm³/mol. The van der Waals surface area contributed by atoms with Crippen molar-refractivity contribution in [3.8, 4) is 5.69 Å². The van der Waals surface area contributed by atoms with Gasteiger partial charge in [-0.25, -0.2) is 0 Å². The molecule has 1 aromatic heterocycles. The molecule has 0 aliphatic heterocycles. The standard InChI is InChI=1S/C28H32N4OS/c1-19-7-9-24(10-8-19)32-25(30-31-27(32)34-18-20-5-3-2-4-6-20)17-29-26(33)28-14-21-11-22(15-28)13-23(12-21)16-28/h2-10,21-23H,11-18H2,1H3,(H,29,33). The predicted octanol–water partition coefficient (Wildman–Crippen LogP) is 5.70. The number of amides is 1. The number of aromatic nitrogens is 3. The summed E-state index contributed by atoms with van der Waals surface area (Å²) in [4.78, 5) is 13.5. The summed E-state index contributed by atoms with van der Waals surface area (Å²) >= 11 is 1.68. The number of hydrogen-bond acceptors (Lipinski definition) is 4. The zero-order valence-electron chi connectivity index (χ0n) is 19.7. The molecule has 0 radical (unpaired) electrons. The number of rotatable bonds is 7. The fourth-order valence-electron chi connectivity index (χ4n) is 6.92. The number of carbonyl (C=O) groups excluding carboxylic acids is 1. The molecular formula is C28H32N4OS. The van der Waals surface area contributed by atoms with Gasteiger partial charge >= 0.3 is 0 Å². The van der Waals surface area contributed by atoms with Crippen LogP contribution in [0, 0.1) is 30.1 Å². The lowest BCUT2D eigenvalue weighted by molar-refractivity contribution is -0.146. The van der Waals surface area contributed by atoms with E-state index < -0.39 is 0 Å². The van der Waals surface area contributed by atoms with Gasteiger partial charge in [0.05, 0.1) is 6.54 Å². The second-order valence-corrected chi connectivity index (χ2v) is 11.7. The summed E-state index contributed by atoms with van der Waals surface area (Å²) in [5.74, 6) is 4.13. The molecule has 1 heterocycles. The molecule has 176 valence electrons. The van der Waals surface area contributed by atoms with Crippen LogP contribution in [0.15, 0.2) is 59.8 Å². The van der Waals surface area contributed by atoms with E-state index in [1.807, 2.05) is 6.07 Å². The third-order valence-corrected chi connectivity index (χ3v) is 9.13. The lowest BCUT2D eigenvalue weighted by Crippen LogP contribution is -2.53. The van der Waals surface area contributed by atoms with Gasteiger partial charge in [-0.1, -0.05) is 59.8 Å². The molecule has 0 saturated heterocycles. The van der Waals surface area contributed by atoms with Gasteiger partial charge in [0.1, 0.15) is 0 Å². The highest BCUT2D eigenvalue weighted by Gasteiger charge is 2.54. The molecule has 2 aromatic carbocycles. The molecule has 0 spiro atoms. The van der Waals surface area contributed by atoms with Gasteiger partial charge in [0.25, 0.3) is 0 Å². The molecule has 3 aromatic rings. The highest BCUT2D eigenvalue weighted by molar-refractivity contribution is 7.98. The van der Waals surface area contributed by atoms with Crippen LogP contribution >= 0.6 is 11.8 Å². The molecule has 4 aliphatic carbocycles. The molecule has 4 fully saturated rings. The normalized spacial score (nSPS) is 27.1. The molecule has 0 unspecified atom stereocenters. The van der Waals surface area contributed by atoms with Gasteiger partial charge in [-0.15, -0.1) is 10.2 Å². The van der Waals surface area contributed by atoms with E-state index in [4.69, 9.17) is 0 Å². The van der Waals surface area contributed by atoms with Crippen LogP contribution in [0.2, 0.25) is 0 Å². The topological polar surface area (TPSA) is 59.8 Å². The van der Waals surface area contributed by atoms with Gasteiger partial charge in [0.15, 0.2) is 11.0 Å². The monoisotopic (exact) mass is 472 g/mol. The average Bonchev–Trinajstić information content (AvgIpc) is 3.24. The Bertz CT molecular complexity index is 1140. The van der Waals surface area contributed by atoms with Gasteiger partial charge in [-0.3, -0.25) is 9.36 Å². The number of thioether (sulfide) groups is 1. The fourth-order valence-corrected chi connectivity index (χ4v) is 7.85. The highest BCUT2D eigenvalue weighted by atomic mass is 32.2. The van der Waals surface area contributed by atoms with Crippen LogP contribution < -0.4 is 5.32 Å². The number of benzene rings is 2. The Labute approximate surface area is 205 Å². The van der Waals surface area contributed by atoms with E-state index in [1.54, 1.807) is 11.8 Å². The Hall–Kier alpha value is -2.60. The largest absolute Gasteiger partial charge is 0.348 e. The third kappa shape index (κ3) is 4.17.